The molecule has 0 N–H and O–H groups in total. The van der Waals surface area contributed by atoms with Crippen LogP contribution in [0.5, 0.6) is 5.88 Å². The van der Waals surface area contributed by atoms with E-state index in [1.165, 1.54) is 10.9 Å². The molecule has 8 nitrogen and oxygen atoms in total. The highest BCUT2D eigenvalue weighted by Gasteiger charge is 2.25. The molecule has 29 heavy (non-hydrogen) atoms. The number of amides is 1. The van der Waals surface area contributed by atoms with E-state index in [1.807, 2.05) is 24.0 Å². The SMILES string of the molecule is Cc1nccc(O[C@@H]2CCCN(C(=O)CCn3cnc4ccccc4c3=O)C2)n1. The normalized spacial score (nSPS) is 16.7. The lowest BCUT2D eigenvalue weighted by Crippen LogP contribution is -2.44. The number of likely N-dealkylation sites (tertiary alicyclic amines) is 1. The van der Waals surface area contributed by atoms with Gasteiger partial charge in [-0.15, -0.1) is 0 Å². The second-order valence-corrected chi connectivity index (χ2v) is 7.17. The summed E-state index contributed by atoms with van der Waals surface area (Å²) in [7, 11) is 0. The minimum atomic E-state index is -0.123. The highest BCUT2D eigenvalue weighted by molar-refractivity contribution is 5.77. The first-order chi connectivity index (χ1) is 14.1. The topological polar surface area (TPSA) is 90.2 Å². The first-order valence-corrected chi connectivity index (χ1v) is 9.78. The fourth-order valence-corrected chi connectivity index (χ4v) is 3.57. The zero-order chi connectivity index (χ0) is 20.2. The highest BCUT2D eigenvalue weighted by atomic mass is 16.5. The predicted molar refractivity (Wildman–Crippen MR) is 108 cm³/mol. The van der Waals surface area contributed by atoms with Crippen LogP contribution in [0.4, 0.5) is 0 Å². The molecule has 1 aromatic carbocycles. The van der Waals surface area contributed by atoms with Crippen LogP contribution in [0.1, 0.15) is 25.1 Å². The Balaban J connectivity index is 1.37. The number of carbonyl (C=O) groups excluding carboxylic acids is 1. The van der Waals surface area contributed by atoms with Gasteiger partial charge in [-0.2, -0.15) is 4.98 Å². The van der Waals surface area contributed by atoms with Crippen molar-refractivity contribution in [1.82, 2.24) is 24.4 Å². The van der Waals surface area contributed by atoms with Crippen molar-refractivity contribution in [1.29, 1.82) is 0 Å². The fraction of sp³-hybridized carbons (Fsp3) is 0.381. The zero-order valence-corrected chi connectivity index (χ0v) is 16.3. The maximum absolute atomic E-state index is 12.7. The largest absolute Gasteiger partial charge is 0.472 e. The number of hydrogen-bond acceptors (Lipinski definition) is 6. The molecule has 0 saturated carbocycles. The van der Waals surface area contributed by atoms with Crippen LogP contribution in [0.2, 0.25) is 0 Å². The molecular formula is C21H23N5O3. The van der Waals surface area contributed by atoms with E-state index < -0.39 is 0 Å². The van der Waals surface area contributed by atoms with Gasteiger partial charge in [-0.1, -0.05) is 12.1 Å². The monoisotopic (exact) mass is 393 g/mol. The quantitative estimate of drug-likeness (QED) is 0.658. The number of aromatic nitrogens is 4. The van der Waals surface area contributed by atoms with Crippen molar-refractivity contribution in [3.63, 3.8) is 0 Å². The summed E-state index contributed by atoms with van der Waals surface area (Å²) in [6.45, 7) is 3.34. The average Bonchev–Trinajstić information content (AvgIpc) is 2.73. The maximum Gasteiger partial charge on any atom is 0.261 e. The van der Waals surface area contributed by atoms with Crippen LogP contribution in [-0.2, 0) is 11.3 Å². The van der Waals surface area contributed by atoms with Crippen LogP contribution >= 0.6 is 0 Å². The Morgan fingerprint density at radius 1 is 1.24 bits per heavy atom. The first-order valence-electron chi connectivity index (χ1n) is 9.78. The van der Waals surface area contributed by atoms with Crippen molar-refractivity contribution in [3.05, 3.63) is 59.0 Å². The number of hydrogen-bond donors (Lipinski definition) is 0. The van der Waals surface area contributed by atoms with Gasteiger partial charge >= 0.3 is 0 Å². The fourth-order valence-electron chi connectivity index (χ4n) is 3.57. The molecule has 4 rings (SSSR count). The van der Waals surface area contributed by atoms with Crippen LogP contribution in [0, 0.1) is 6.92 Å². The van der Waals surface area contributed by atoms with Crippen LogP contribution in [0.15, 0.2) is 47.7 Å². The standard InChI is InChI=1S/C21H23N5O3/c1-15-22-10-8-19(24-15)29-16-5-4-11-25(13-16)20(27)9-12-26-14-23-18-7-3-2-6-17(18)21(26)28/h2-3,6-8,10,14,16H,4-5,9,11-13H2,1H3/t16-/m1/s1. The van der Waals surface area contributed by atoms with Crippen molar-refractivity contribution in [3.8, 4) is 5.88 Å². The van der Waals surface area contributed by atoms with E-state index in [0.717, 1.165) is 12.8 Å². The molecule has 3 aromatic rings. The van der Waals surface area contributed by atoms with E-state index in [-0.39, 0.29) is 24.0 Å². The lowest BCUT2D eigenvalue weighted by atomic mass is 10.1. The molecule has 0 aliphatic carbocycles. The summed E-state index contributed by atoms with van der Waals surface area (Å²) < 4.78 is 7.44. The van der Waals surface area contributed by atoms with Gasteiger partial charge in [-0.3, -0.25) is 14.2 Å². The van der Waals surface area contributed by atoms with Gasteiger partial charge in [-0.05, 0) is 31.9 Å². The van der Waals surface area contributed by atoms with E-state index in [2.05, 4.69) is 15.0 Å². The maximum atomic E-state index is 12.7. The van der Waals surface area contributed by atoms with Gasteiger partial charge in [0.2, 0.25) is 11.8 Å². The summed E-state index contributed by atoms with van der Waals surface area (Å²) in [5, 5.41) is 0.564. The van der Waals surface area contributed by atoms with Crippen molar-refractivity contribution in [2.75, 3.05) is 13.1 Å². The van der Waals surface area contributed by atoms with Crippen molar-refractivity contribution < 1.29 is 9.53 Å². The van der Waals surface area contributed by atoms with Crippen LogP contribution < -0.4 is 10.3 Å². The summed E-state index contributed by atoms with van der Waals surface area (Å²) in [5.41, 5.74) is 0.540. The minimum Gasteiger partial charge on any atom is -0.472 e. The van der Waals surface area contributed by atoms with Gasteiger partial charge in [-0.25, -0.2) is 9.97 Å². The number of carbonyl (C=O) groups is 1. The van der Waals surface area contributed by atoms with E-state index >= 15 is 0 Å². The van der Waals surface area contributed by atoms with Gasteiger partial charge < -0.3 is 9.64 Å². The second-order valence-electron chi connectivity index (χ2n) is 7.17. The molecule has 1 fully saturated rings. The Hall–Kier alpha value is -3.29. The zero-order valence-electron chi connectivity index (χ0n) is 16.3. The summed E-state index contributed by atoms with van der Waals surface area (Å²) in [4.78, 5) is 39.7. The molecule has 1 aliphatic rings. The Kier molecular flexibility index (Phi) is 5.50. The van der Waals surface area contributed by atoms with Gasteiger partial charge in [0.15, 0.2) is 0 Å². The molecule has 0 bridgehead atoms. The number of nitrogens with zero attached hydrogens (tertiary/aromatic N) is 5. The lowest BCUT2D eigenvalue weighted by Gasteiger charge is -2.32. The summed E-state index contributed by atoms with van der Waals surface area (Å²) in [5.74, 6) is 1.20. The molecular weight excluding hydrogens is 370 g/mol. The van der Waals surface area contributed by atoms with E-state index in [0.29, 0.717) is 42.2 Å². The highest BCUT2D eigenvalue weighted by Crippen LogP contribution is 2.17. The number of benzene rings is 1. The molecule has 1 saturated heterocycles. The molecule has 150 valence electrons. The van der Waals surface area contributed by atoms with Gasteiger partial charge in [0, 0.05) is 31.8 Å². The molecule has 1 atom stereocenters. The van der Waals surface area contributed by atoms with Gasteiger partial charge in [0.1, 0.15) is 11.9 Å². The predicted octanol–water partition coefficient (Wildman–Crippen LogP) is 1.96. The first kappa shape index (κ1) is 19.0. The van der Waals surface area contributed by atoms with Crippen molar-refractivity contribution in [2.24, 2.45) is 0 Å². The minimum absolute atomic E-state index is 0.0113. The third-order valence-corrected chi connectivity index (χ3v) is 5.07. The number of piperidine rings is 1. The van der Waals surface area contributed by atoms with E-state index in [1.54, 1.807) is 24.4 Å². The number of ether oxygens (including phenoxy) is 1. The molecule has 1 aliphatic heterocycles. The summed E-state index contributed by atoms with van der Waals surface area (Å²) in [6, 6.07) is 8.95. The second kappa shape index (κ2) is 8.38. The lowest BCUT2D eigenvalue weighted by molar-refractivity contribution is -0.134. The molecule has 8 heteroatoms. The third kappa shape index (κ3) is 4.42. The van der Waals surface area contributed by atoms with E-state index in [4.69, 9.17) is 4.74 Å². The van der Waals surface area contributed by atoms with Crippen molar-refractivity contribution in [2.45, 2.75) is 38.8 Å². The van der Waals surface area contributed by atoms with E-state index in [9.17, 15) is 9.59 Å². The molecule has 0 spiro atoms. The number of aryl methyl sites for hydroxylation is 2. The molecule has 1 amide bonds. The Bertz CT molecular complexity index is 1080. The molecule has 0 unspecified atom stereocenters. The number of fused-ring (bicyclic) bond motifs is 1. The Morgan fingerprint density at radius 2 is 2.10 bits per heavy atom. The average molecular weight is 393 g/mol. The van der Waals surface area contributed by atoms with Crippen LogP contribution in [0.3, 0.4) is 0 Å². The molecule has 0 radical (unpaired) electrons. The number of rotatable bonds is 5. The molecule has 3 heterocycles. The van der Waals surface area contributed by atoms with Crippen molar-refractivity contribution >= 4 is 16.8 Å². The summed E-state index contributed by atoms with van der Waals surface area (Å²) in [6.07, 6.45) is 5.08. The van der Waals surface area contributed by atoms with Gasteiger partial charge in [0.25, 0.3) is 5.56 Å². The molecule has 2 aromatic heterocycles. The smallest absolute Gasteiger partial charge is 0.261 e. The summed E-state index contributed by atoms with van der Waals surface area (Å²) >= 11 is 0. The Morgan fingerprint density at radius 3 is 2.97 bits per heavy atom. The van der Waals surface area contributed by atoms with Crippen LogP contribution in [0.25, 0.3) is 10.9 Å². The Labute approximate surface area is 168 Å². The van der Waals surface area contributed by atoms with Crippen LogP contribution in [-0.4, -0.2) is 49.5 Å². The number of para-hydroxylation sites is 1. The third-order valence-electron chi connectivity index (χ3n) is 5.07. The van der Waals surface area contributed by atoms with Gasteiger partial charge in [0.05, 0.1) is 23.8 Å².